The van der Waals surface area contributed by atoms with Crippen LogP contribution >= 0.6 is 0 Å². The van der Waals surface area contributed by atoms with Crippen molar-refractivity contribution in [2.45, 2.75) is 145 Å². The normalized spacial score (nSPS) is 10.6. The maximum Gasteiger partial charge on any atom is 0.155 e. The Kier molecular flexibility index (Phi) is 53.6. The summed E-state index contributed by atoms with van der Waals surface area (Å²) in [5.41, 5.74) is 29.0. The maximum absolute atomic E-state index is 10.0. The van der Waals surface area contributed by atoms with Gasteiger partial charge in [-0.1, -0.05) is 163 Å². The fraction of sp³-hybridized carbons (Fsp3) is 0.189. The number of hydrogen-bond donors (Lipinski definition) is 5. The number of aromatic nitrogens is 5. The molecule has 0 aliphatic heterocycles. The number of fused-ring (bicyclic) bond motifs is 5. The molecule has 0 atom stereocenters. The first kappa shape index (κ1) is 118. The third-order valence-corrected chi connectivity index (χ3v) is 18.1. The van der Waals surface area contributed by atoms with Gasteiger partial charge in [-0.3, -0.25) is 48.9 Å². The summed E-state index contributed by atoms with van der Waals surface area (Å²) in [6.07, 6.45) is 5.83. The molecule has 131 heavy (non-hydrogen) atoms. The fourth-order valence-electron chi connectivity index (χ4n) is 12.2. The Morgan fingerprint density at radius 1 is 0.260 bits per heavy atom. The standard InChI is InChI=1S/C18H16N.4C17H14N.5C5H8O2.5Ir/c1-12-7-8-15-9-10-17(19-18(15)11-12)16-6-4-5-13(2)14(16)3;1-12-3-6-14(7-4-12)16-10-9-15-8-5-13(2)11-17(15)18-16;2*1-12-4-3-5-15(10-12)16-9-8-14-7-6-13(2)11-17(14)18-16;1-12-7-8-14-9-10-16(18-17(14)11-12)15-6-4-3-5-13(15)2;5*1-4(6)3-5(2)7;;;;;/h4-5,7-11H,1-3H3;3-6,8-11H,1-2H3;3-4,6-11H,1-2H3;3-9,11H,1-2H3;3-5,7-11H,1-2H3;5*3,6H,1-2H3;;;;;/q5*-1;;;;;;;;;;. The smallest absolute Gasteiger partial charge is 0.155 e. The van der Waals surface area contributed by atoms with Gasteiger partial charge in [0.1, 0.15) is 0 Å². The average molecular weight is 2640 g/mol. The van der Waals surface area contributed by atoms with Crippen molar-refractivity contribution in [1.82, 2.24) is 24.9 Å². The number of rotatable bonds is 10. The summed E-state index contributed by atoms with van der Waals surface area (Å²) in [5, 5.41) is 47.7. The first-order valence-corrected chi connectivity index (χ1v) is 40.9. The first-order valence-electron chi connectivity index (χ1n) is 40.9. The quantitative estimate of drug-likeness (QED) is 0.0485. The largest absolute Gasteiger partial charge is 0.512 e. The maximum atomic E-state index is 10.0. The summed E-state index contributed by atoms with van der Waals surface area (Å²) >= 11 is 0. The van der Waals surface area contributed by atoms with E-state index in [0.29, 0.717) is 0 Å². The average Bonchev–Trinajstić information content (AvgIpc) is 0.849. The molecule has 15 nitrogen and oxygen atoms in total. The third-order valence-electron chi connectivity index (χ3n) is 18.1. The molecule has 0 aliphatic carbocycles. The Morgan fingerprint density at radius 3 is 0.870 bits per heavy atom. The van der Waals surface area contributed by atoms with E-state index in [4.69, 9.17) is 50.5 Å². The number of carbonyl (C=O) groups excluding carboxylic acids is 5. The molecule has 0 amide bonds. The van der Waals surface area contributed by atoms with Gasteiger partial charge < -0.3 is 25.5 Å². The minimum Gasteiger partial charge on any atom is -0.512 e. The molecule has 0 unspecified atom stereocenters. The van der Waals surface area contributed by atoms with E-state index in [2.05, 4.69) is 307 Å². The Balaban J connectivity index is 0.000000745. The minimum absolute atomic E-state index is 0. The van der Waals surface area contributed by atoms with Crippen molar-refractivity contribution in [3.05, 3.63) is 387 Å². The molecular weight excluding hydrogens is 2520 g/mol. The second-order valence-corrected chi connectivity index (χ2v) is 30.6. The fourth-order valence-corrected chi connectivity index (χ4v) is 12.2. The topological polar surface area (TPSA) is 251 Å². The molecule has 5 aromatic heterocycles. The minimum atomic E-state index is -0.125. The Hall–Kier alpha value is -11.5. The number of carbonyl (C=O) groups is 5. The number of aliphatic hydroxyl groups is 5. The zero-order chi connectivity index (χ0) is 92.9. The number of aryl methyl sites for hydroxylation is 10. The Morgan fingerprint density at radius 2 is 0.557 bits per heavy atom. The van der Waals surface area contributed by atoms with E-state index in [0.717, 1.165) is 89.4 Å². The van der Waals surface area contributed by atoms with E-state index in [-0.39, 0.29) is 158 Å². The van der Waals surface area contributed by atoms with Gasteiger partial charge in [-0.25, -0.2) is 0 Å². The second kappa shape index (κ2) is 59.8. The predicted molar refractivity (Wildman–Crippen MR) is 518 cm³/mol. The molecule has 691 valence electrons. The number of benzene rings is 10. The molecule has 5 N–H and O–H groups in total. The molecule has 0 bridgehead atoms. The Bertz CT molecular complexity index is 6190. The van der Waals surface area contributed by atoms with E-state index in [9.17, 15) is 24.0 Å². The van der Waals surface area contributed by atoms with Gasteiger partial charge in [0.25, 0.3) is 0 Å². The van der Waals surface area contributed by atoms with Crippen LogP contribution in [0.3, 0.4) is 0 Å². The van der Waals surface area contributed by atoms with Crippen LogP contribution in [0.2, 0.25) is 0 Å². The van der Waals surface area contributed by atoms with E-state index in [1.165, 1.54) is 182 Å². The summed E-state index contributed by atoms with van der Waals surface area (Å²) in [5.74, 6) is -0.312. The van der Waals surface area contributed by atoms with Crippen LogP contribution in [-0.4, -0.2) is 79.4 Å². The number of hydrogen-bond acceptors (Lipinski definition) is 15. The summed E-state index contributed by atoms with van der Waals surface area (Å²) in [6.45, 7) is 37.2. The predicted octanol–water partition coefficient (Wildman–Crippen LogP) is 27.1. The molecule has 5 heterocycles. The van der Waals surface area contributed by atoms with Gasteiger partial charge in [-0.2, -0.15) is 0 Å². The van der Waals surface area contributed by atoms with Crippen LogP contribution in [0.5, 0.6) is 0 Å². The van der Waals surface area contributed by atoms with Gasteiger partial charge in [0, 0.05) is 131 Å². The van der Waals surface area contributed by atoms with Gasteiger partial charge in [-0.15, -0.1) is 176 Å². The van der Waals surface area contributed by atoms with Crippen LogP contribution in [0.15, 0.2) is 296 Å². The second-order valence-electron chi connectivity index (χ2n) is 30.6. The number of ketones is 5. The van der Waals surface area contributed by atoms with Gasteiger partial charge in [0.2, 0.25) is 0 Å². The van der Waals surface area contributed by atoms with Crippen LogP contribution < -0.4 is 0 Å². The van der Waals surface area contributed by atoms with Crippen LogP contribution in [0, 0.1) is 106 Å². The molecule has 15 aromatic rings. The molecule has 15 rings (SSSR count). The van der Waals surface area contributed by atoms with Crippen LogP contribution in [0.25, 0.3) is 111 Å². The van der Waals surface area contributed by atoms with Crippen molar-refractivity contribution >= 4 is 83.4 Å². The molecule has 0 fully saturated rings. The van der Waals surface area contributed by atoms with Crippen LogP contribution in [-0.2, 0) is 124 Å². The van der Waals surface area contributed by atoms with Crippen molar-refractivity contribution in [1.29, 1.82) is 0 Å². The molecule has 5 radical (unpaired) electrons. The SMILES string of the molecule is CC(=O)C=C(C)O.CC(=O)C=C(C)O.CC(=O)C=C(C)O.CC(=O)C=C(C)O.CC(=O)C=C(C)O.Cc1[c-]c(-c2ccc3ccc(C)cc3n2)ccc1.Cc1c[c-]c(-c2ccc3ccc(C)cc3n2)cc1.Cc1cc[c-]c(-c2ccc3ccc(C)cc3n2)c1.Cc1ccc2ccc(-c3[c-]ccc(C)c3C)nc2c1.Cc1ccc2ccc(-c3[c-]cccc3C)nc2c1.[Ir].[Ir].[Ir].[Ir].[Ir]. The summed E-state index contributed by atoms with van der Waals surface area (Å²) in [7, 11) is 0. The molecule has 0 saturated carbocycles. The van der Waals surface area contributed by atoms with Gasteiger partial charge in [0.15, 0.2) is 28.9 Å². The number of aliphatic hydroxyl groups excluding tert-OH is 5. The van der Waals surface area contributed by atoms with Crippen molar-refractivity contribution in [2.75, 3.05) is 0 Å². The number of nitrogens with zero attached hydrogens (tertiary/aromatic N) is 5. The monoisotopic (exact) mass is 2640 g/mol. The number of pyridine rings is 5. The van der Waals surface area contributed by atoms with E-state index in [1.807, 2.05) is 36.4 Å². The van der Waals surface area contributed by atoms with E-state index >= 15 is 0 Å². The molecule has 0 saturated heterocycles. The van der Waals surface area contributed by atoms with Crippen molar-refractivity contribution in [3.63, 3.8) is 0 Å². The van der Waals surface area contributed by atoms with Crippen LogP contribution in [0.4, 0.5) is 0 Å². The third kappa shape index (κ3) is 43.0. The zero-order valence-electron chi connectivity index (χ0n) is 77.6. The van der Waals surface area contributed by atoms with E-state index in [1.54, 1.807) is 0 Å². The van der Waals surface area contributed by atoms with Gasteiger partial charge >= 0.3 is 0 Å². The number of allylic oxidation sites excluding steroid dienone is 10. The molecule has 0 aliphatic rings. The van der Waals surface area contributed by atoms with Crippen molar-refractivity contribution in [3.8, 4) is 56.3 Å². The summed E-state index contributed by atoms with van der Waals surface area (Å²) in [6, 6.07) is 97.6. The molecule has 20 heteroatoms. The molecule has 0 spiro atoms. The summed E-state index contributed by atoms with van der Waals surface area (Å²) in [4.78, 5) is 73.7. The Labute approximate surface area is 839 Å². The van der Waals surface area contributed by atoms with Crippen molar-refractivity contribution < 1.29 is 150 Å². The summed E-state index contributed by atoms with van der Waals surface area (Å²) < 4.78 is 0. The zero-order valence-corrected chi connectivity index (χ0v) is 89.6. The molecular formula is C111H112Ir5N5O10-5. The molecule has 10 aromatic carbocycles. The first-order chi connectivity index (χ1) is 59.7. The van der Waals surface area contributed by atoms with E-state index < -0.39 is 0 Å². The van der Waals surface area contributed by atoms with Gasteiger partial charge in [-0.05, 0) is 217 Å². The van der Waals surface area contributed by atoms with Crippen LogP contribution in [0.1, 0.15) is 130 Å². The van der Waals surface area contributed by atoms with Gasteiger partial charge in [0.05, 0.1) is 56.4 Å². The van der Waals surface area contributed by atoms with Crippen molar-refractivity contribution in [2.24, 2.45) is 0 Å².